The topological polar surface area (TPSA) is 171 Å². The van der Waals surface area contributed by atoms with E-state index in [9.17, 15) is 24.0 Å². The molecular weight excluding hydrogens is 726 g/mol. The van der Waals surface area contributed by atoms with E-state index in [0.717, 1.165) is 25.7 Å². The highest BCUT2D eigenvalue weighted by Gasteiger charge is 2.52. The first-order chi connectivity index (χ1) is 26.3. The highest BCUT2D eigenvalue weighted by atomic mass is 16.8. The van der Waals surface area contributed by atoms with Crippen LogP contribution in [0, 0.1) is 0 Å². The van der Waals surface area contributed by atoms with Gasteiger partial charge in [0.05, 0.1) is 12.1 Å². The van der Waals surface area contributed by atoms with Crippen molar-refractivity contribution in [2.24, 2.45) is 0 Å². The van der Waals surface area contributed by atoms with Gasteiger partial charge < -0.3 is 43.2 Å². The van der Waals surface area contributed by atoms with Crippen LogP contribution in [0.5, 0.6) is 0 Å². The molecule has 0 aromatic heterocycles. The molecule has 0 saturated carbocycles. The number of carbonyl (C=O) groups is 5. The van der Waals surface area contributed by atoms with E-state index in [1.165, 1.54) is 85.5 Å². The van der Waals surface area contributed by atoms with E-state index in [2.05, 4.69) is 12.2 Å². The highest BCUT2D eigenvalue weighted by Crippen LogP contribution is 2.35. The molecule has 0 radical (unpaired) electrons. The SMILES string of the molecule is CCCCCCCCCCCCCC[C@H]1OC(C)(C)O[C@H]1[C@H](/C=C/C[C@H]1O[C@H](COC(C)=O)[C@H](OC(C)=O)[C@H](OC(C)=O)[C@H]1OC(C)=O)NC(=O)OC(C)(C)C. The van der Waals surface area contributed by atoms with Gasteiger partial charge in [-0.25, -0.2) is 4.79 Å². The van der Waals surface area contributed by atoms with Crippen molar-refractivity contribution < 1.29 is 61.9 Å². The number of unbranched alkanes of at least 4 members (excludes halogenated alkanes) is 11. The Balaban J connectivity index is 2.27. The smallest absolute Gasteiger partial charge is 0.408 e. The Morgan fingerprint density at radius 3 is 1.68 bits per heavy atom. The van der Waals surface area contributed by atoms with Crippen LogP contribution in [-0.2, 0) is 57.1 Å². The average Bonchev–Trinajstić information content (AvgIpc) is 3.38. The molecule has 0 unspecified atom stereocenters. The molecule has 56 heavy (non-hydrogen) atoms. The molecule has 0 spiro atoms. The Labute approximate surface area is 334 Å². The first kappa shape index (κ1) is 48.9. The third-order valence-electron chi connectivity index (χ3n) is 9.40. The number of carbonyl (C=O) groups excluding carboxylic acids is 5. The number of nitrogens with one attached hydrogen (secondary N) is 1. The second kappa shape index (κ2) is 24.5. The fraction of sp³-hybridized carbons (Fsp3) is 0.833. The van der Waals surface area contributed by atoms with Gasteiger partial charge in [0.15, 0.2) is 24.1 Å². The number of amides is 1. The lowest BCUT2D eigenvalue weighted by Gasteiger charge is -2.44. The minimum atomic E-state index is -1.28. The van der Waals surface area contributed by atoms with Gasteiger partial charge in [-0.15, -0.1) is 0 Å². The fourth-order valence-electron chi connectivity index (χ4n) is 7.13. The predicted molar refractivity (Wildman–Crippen MR) is 208 cm³/mol. The van der Waals surface area contributed by atoms with Gasteiger partial charge in [0.2, 0.25) is 0 Å². The Kier molecular flexibility index (Phi) is 21.4. The summed E-state index contributed by atoms with van der Waals surface area (Å²) in [5.41, 5.74) is -0.756. The van der Waals surface area contributed by atoms with Gasteiger partial charge in [-0.1, -0.05) is 96.1 Å². The van der Waals surface area contributed by atoms with Crippen molar-refractivity contribution in [3.05, 3.63) is 12.2 Å². The summed E-state index contributed by atoms with van der Waals surface area (Å²) >= 11 is 0. The first-order valence-electron chi connectivity index (χ1n) is 20.6. The lowest BCUT2D eigenvalue weighted by Crippen LogP contribution is -2.62. The summed E-state index contributed by atoms with van der Waals surface area (Å²) in [6.45, 7) is 15.7. The van der Waals surface area contributed by atoms with Gasteiger partial charge in [-0.3, -0.25) is 19.2 Å². The summed E-state index contributed by atoms with van der Waals surface area (Å²) < 4.78 is 46.6. The van der Waals surface area contributed by atoms with Crippen LogP contribution in [-0.4, -0.2) is 96.7 Å². The third-order valence-corrected chi connectivity index (χ3v) is 9.40. The molecule has 8 atom stereocenters. The first-order valence-corrected chi connectivity index (χ1v) is 20.6. The number of hydrogen-bond acceptors (Lipinski definition) is 13. The van der Waals surface area contributed by atoms with Gasteiger partial charge in [0.1, 0.15) is 30.5 Å². The largest absolute Gasteiger partial charge is 0.463 e. The van der Waals surface area contributed by atoms with Crippen LogP contribution in [0.2, 0.25) is 0 Å². The summed E-state index contributed by atoms with van der Waals surface area (Å²) in [5.74, 6) is -3.62. The molecule has 14 heteroatoms. The van der Waals surface area contributed by atoms with E-state index in [1.54, 1.807) is 32.9 Å². The maximum Gasteiger partial charge on any atom is 0.408 e. The van der Waals surface area contributed by atoms with Crippen molar-refractivity contribution in [2.75, 3.05) is 6.61 Å². The normalized spacial score (nSPS) is 25.3. The molecule has 2 rings (SSSR count). The van der Waals surface area contributed by atoms with Crippen LogP contribution < -0.4 is 5.32 Å². The van der Waals surface area contributed by atoms with Gasteiger partial charge in [0.25, 0.3) is 0 Å². The molecular formula is C42H71NO13. The number of hydrogen-bond donors (Lipinski definition) is 1. The molecule has 1 N–H and O–H groups in total. The van der Waals surface area contributed by atoms with Crippen LogP contribution >= 0.6 is 0 Å². The molecule has 0 bridgehead atoms. The standard InChI is InChI=1S/C42H71NO13/c1-11-12-13-14-15-16-17-18-19-20-21-22-25-34-36(55-42(9,10)54-34)32(43-40(48)56-41(6,7)8)24-23-26-33-37(50-29(3)45)39(52-31(5)47)38(51-30(4)46)35(53-33)27-49-28(2)44/h23-24,32-39H,11-22,25-27H2,1-10H3,(H,43,48)/b24-23+/t32-,33+,34+,35+,36-,37-,38-,39+/m0/s1. The van der Waals surface area contributed by atoms with Crippen molar-refractivity contribution in [3.8, 4) is 0 Å². The van der Waals surface area contributed by atoms with Crippen LogP contribution in [0.15, 0.2) is 12.2 Å². The monoisotopic (exact) mass is 797 g/mol. The number of ether oxygens (including phenoxy) is 8. The van der Waals surface area contributed by atoms with E-state index in [-0.39, 0.29) is 19.1 Å². The summed E-state index contributed by atoms with van der Waals surface area (Å²) in [5, 5.41) is 2.95. The van der Waals surface area contributed by atoms with Crippen molar-refractivity contribution in [1.29, 1.82) is 0 Å². The van der Waals surface area contributed by atoms with E-state index >= 15 is 0 Å². The summed E-state index contributed by atoms with van der Waals surface area (Å²) in [6, 6.07) is -0.709. The molecule has 0 aromatic carbocycles. The molecule has 2 heterocycles. The minimum absolute atomic E-state index is 0.0753. The second-order valence-corrected chi connectivity index (χ2v) is 16.4. The Hall–Kier alpha value is -3.23. The highest BCUT2D eigenvalue weighted by molar-refractivity contribution is 5.69. The van der Waals surface area contributed by atoms with E-state index < -0.39 is 84.0 Å². The van der Waals surface area contributed by atoms with Crippen LogP contribution in [0.1, 0.15) is 159 Å². The number of alkyl carbamates (subject to hydrolysis) is 1. The maximum absolute atomic E-state index is 13.2. The average molecular weight is 798 g/mol. The van der Waals surface area contributed by atoms with Gasteiger partial charge in [-0.05, 0) is 47.5 Å². The zero-order valence-electron chi connectivity index (χ0n) is 35.7. The van der Waals surface area contributed by atoms with Gasteiger partial charge in [0, 0.05) is 27.7 Å². The molecule has 0 aliphatic carbocycles. The Morgan fingerprint density at radius 2 is 1.18 bits per heavy atom. The van der Waals surface area contributed by atoms with Crippen molar-refractivity contribution in [2.45, 2.75) is 219 Å². The second-order valence-electron chi connectivity index (χ2n) is 16.4. The predicted octanol–water partition coefficient (Wildman–Crippen LogP) is 7.56. The molecule has 2 fully saturated rings. The Morgan fingerprint density at radius 1 is 0.679 bits per heavy atom. The van der Waals surface area contributed by atoms with E-state index in [0.29, 0.717) is 0 Å². The zero-order valence-corrected chi connectivity index (χ0v) is 35.7. The number of rotatable bonds is 23. The van der Waals surface area contributed by atoms with Crippen LogP contribution in [0.4, 0.5) is 4.79 Å². The van der Waals surface area contributed by atoms with Crippen LogP contribution in [0.25, 0.3) is 0 Å². The quantitative estimate of drug-likeness (QED) is 0.0465. The molecule has 1 amide bonds. The van der Waals surface area contributed by atoms with Crippen LogP contribution in [0.3, 0.4) is 0 Å². The van der Waals surface area contributed by atoms with Crippen molar-refractivity contribution in [3.63, 3.8) is 0 Å². The molecule has 0 aromatic rings. The third kappa shape index (κ3) is 19.3. The van der Waals surface area contributed by atoms with Crippen molar-refractivity contribution in [1.82, 2.24) is 5.32 Å². The summed E-state index contributed by atoms with van der Waals surface area (Å²) in [4.78, 5) is 61.6. The summed E-state index contributed by atoms with van der Waals surface area (Å²) in [7, 11) is 0. The molecule has 14 nitrogen and oxygen atoms in total. The molecule has 2 aliphatic rings. The van der Waals surface area contributed by atoms with E-state index in [4.69, 9.17) is 37.9 Å². The maximum atomic E-state index is 13.2. The number of esters is 4. The van der Waals surface area contributed by atoms with Gasteiger partial charge in [-0.2, -0.15) is 0 Å². The van der Waals surface area contributed by atoms with Gasteiger partial charge >= 0.3 is 30.0 Å². The fourth-order valence-corrected chi connectivity index (χ4v) is 7.13. The molecule has 2 aliphatic heterocycles. The molecule has 322 valence electrons. The Bertz CT molecular complexity index is 1260. The summed E-state index contributed by atoms with van der Waals surface area (Å²) in [6.07, 6.45) is 11.8. The lowest BCUT2D eigenvalue weighted by molar-refractivity contribution is -0.251. The minimum Gasteiger partial charge on any atom is -0.463 e. The van der Waals surface area contributed by atoms with Crippen molar-refractivity contribution >= 4 is 30.0 Å². The molecule has 2 saturated heterocycles. The van der Waals surface area contributed by atoms with E-state index in [1.807, 2.05) is 13.8 Å². The lowest BCUT2D eigenvalue weighted by atomic mass is 9.92. The zero-order chi connectivity index (χ0) is 41.9.